The lowest BCUT2D eigenvalue weighted by Crippen LogP contribution is -2.38. The summed E-state index contributed by atoms with van der Waals surface area (Å²) < 4.78 is 1.09. The van der Waals surface area contributed by atoms with Gasteiger partial charge in [0.05, 0.1) is 22.4 Å². The van der Waals surface area contributed by atoms with E-state index in [1.54, 1.807) is 11.3 Å². The highest BCUT2D eigenvalue weighted by Gasteiger charge is 2.33. The first-order chi connectivity index (χ1) is 8.71. The van der Waals surface area contributed by atoms with E-state index in [-0.39, 0.29) is 12.1 Å². The van der Waals surface area contributed by atoms with E-state index in [2.05, 4.69) is 10.3 Å². The Morgan fingerprint density at radius 3 is 2.89 bits per heavy atom. The van der Waals surface area contributed by atoms with Gasteiger partial charge in [0.2, 0.25) is 0 Å². The number of hydrogen-bond donors (Lipinski definition) is 3. The van der Waals surface area contributed by atoms with Crippen molar-refractivity contribution in [3.63, 3.8) is 0 Å². The summed E-state index contributed by atoms with van der Waals surface area (Å²) >= 11 is 1.60. The number of fused-ring (bicyclic) bond motifs is 1. The van der Waals surface area contributed by atoms with E-state index in [9.17, 15) is 5.11 Å². The van der Waals surface area contributed by atoms with E-state index < -0.39 is 0 Å². The highest BCUT2D eigenvalue weighted by molar-refractivity contribution is 7.22. The van der Waals surface area contributed by atoms with E-state index in [1.807, 2.05) is 18.2 Å². The molecule has 0 unspecified atom stereocenters. The highest BCUT2D eigenvalue weighted by atomic mass is 32.1. The SMILES string of the molecule is Nc1ccc2nc(NC3(CO)CCCC3)sc2c1. The summed E-state index contributed by atoms with van der Waals surface area (Å²) in [5.74, 6) is 0. The van der Waals surface area contributed by atoms with E-state index in [0.29, 0.717) is 0 Å². The van der Waals surface area contributed by atoms with Gasteiger partial charge in [0.1, 0.15) is 0 Å². The molecule has 0 radical (unpaired) electrons. The normalized spacial score (nSPS) is 18.3. The number of aliphatic hydroxyl groups is 1. The van der Waals surface area contributed by atoms with Crippen LogP contribution >= 0.6 is 11.3 Å². The molecule has 1 saturated carbocycles. The van der Waals surface area contributed by atoms with Crippen LogP contribution in [0.5, 0.6) is 0 Å². The van der Waals surface area contributed by atoms with Gasteiger partial charge in [0.25, 0.3) is 0 Å². The Labute approximate surface area is 110 Å². The fraction of sp³-hybridized carbons (Fsp3) is 0.462. The molecule has 2 aromatic rings. The Kier molecular flexibility index (Phi) is 2.87. The van der Waals surface area contributed by atoms with E-state index in [0.717, 1.165) is 33.9 Å². The maximum absolute atomic E-state index is 9.59. The molecule has 1 fully saturated rings. The number of nitrogen functional groups attached to an aromatic ring is 1. The number of rotatable bonds is 3. The summed E-state index contributed by atoms with van der Waals surface area (Å²) in [6.45, 7) is 0.172. The second kappa shape index (κ2) is 4.40. The van der Waals surface area contributed by atoms with Gasteiger partial charge in [-0.1, -0.05) is 24.2 Å². The Bertz CT molecular complexity index is 560. The molecule has 0 atom stereocenters. The minimum absolute atomic E-state index is 0.167. The Morgan fingerprint density at radius 2 is 2.17 bits per heavy atom. The van der Waals surface area contributed by atoms with Crippen LogP contribution in [0.1, 0.15) is 25.7 Å². The lowest BCUT2D eigenvalue weighted by molar-refractivity contribution is 0.214. The minimum Gasteiger partial charge on any atom is -0.399 e. The molecule has 0 bridgehead atoms. The third kappa shape index (κ3) is 2.04. The number of nitrogens with one attached hydrogen (secondary N) is 1. The summed E-state index contributed by atoms with van der Waals surface area (Å²) in [5.41, 5.74) is 7.32. The summed E-state index contributed by atoms with van der Waals surface area (Å²) in [4.78, 5) is 4.55. The molecule has 4 nitrogen and oxygen atoms in total. The molecule has 3 rings (SSSR count). The van der Waals surface area contributed by atoms with Crippen LogP contribution in [0, 0.1) is 0 Å². The van der Waals surface area contributed by atoms with Gasteiger partial charge < -0.3 is 16.2 Å². The number of nitrogens with zero attached hydrogens (tertiary/aromatic N) is 1. The van der Waals surface area contributed by atoms with Crippen molar-refractivity contribution in [3.05, 3.63) is 18.2 Å². The van der Waals surface area contributed by atoms with Gasteiger partial charge in [-0.25, -0.2) is 4.98 Å². The first-order valence-corrected chi connectivity index (χ1v) is 7.08. The molecule has 0 amide bonds. The van der Waals surface area contributed by atoms with Crippen LogP contribution in [-0.2, 0) is 0 Å². The van der Waals surface area contributed by atoms with Gasteiger partial charge in [-0.3, -0.25) is 0 Å². The zero-order chi connectivity index (χ0) is 12.6. The molecule has 1 aromatic heterocycles. The lowest BCUT2D eigenvalue weighted by Gasteiger charge is -2.27. The third-order valence-electron chi connectivity index (χ3n) is 3.65. The molecule has 1 aliphatic rings. The van der Waals surface area contributed by atoms with E-state index >= 15 is 0 Å². The van der Waals surface area contributed by atoms with Gasteiger partial charge in [-0.2, -0.15) is 0 Å². The van der Waals surface area contributed by atoms with Gasteiger partial charge in [-0.15, -0.1) is 0 Å². The zero-order valence-electron chi connectivity index (χ0n) is 10.1. The fourth-order valence-corrected chi connectivity index (χ4v) is 3.63. The second-order valence-corrected chi connectivity index (χ2v) is 6.05. The Hall–Kier alpha value is -1.33. The molecule has 5 heteroatoms. The third-order valence-corrected chi connectivity index (χ3v) is 4.58. The number of thiazole rings is 1. The van der Waals surface area contributed by atoms with Crippen LogP contribution in [0.15, 0.2) is 18.2 Å². The molecule has 0 aliphatic heterocycles. The van der Waals surface area contributed by atoms with Crippen molar-refractivity contribution >= 4 is 32.4 Å². The molecular weight excluding hydrogens is 246 g/mol. The quantitative estimate of drug-likeness (QED) is 0.744. The van der Waals surface area contributed by atoms with Crippen LogP contribution < -0.4 is 11.1 Å². The largest absolute Gasteiger partial charge is 0.399 e. The molecule has 0 spiro atoms. The minimum atomic E-state index is -0.167. The van der Waals surface area contributed by atoms with Gasteiger partial charge in [-0.05, 0) is 31.0 Å². The maximum Gasteiger partial charge on any atom is 0.184 e. The summed E-state index contributed by atoms with van der Waals surface area (Å²) in [6, 6.07) is 5.74. The summed E-state index contributed by atoms with van der Waals surface area (Å²) in [6.07, 6.45) is 4.37. The average molecular weight is 263 g/mol. The molecule has 96 valence electrons. The number of aliphatic hydroxyl groups excluding tert-OH is 1. The second-order valence-electron chi connectivity index (χ2n) is 5.02. The van der Waals surface area contributed by atoms with Crippen LogP contribution in [0.3, 0.4) is 0 Å². The Morgan fingerprint density at radius 1 is 1.39 bits per heavy atom. The summed E-state index contributed by atoms with van der Waals surface area (Å²) in [7, 11) is 0. The van der Waals surface area contributed by atoms with Crippen molar-refractivity contribution in [2.75, 3.05) is 17.7 Å². The van der Waals surface area contributed by atoms with Crippen LogP contribution in [0.25, 0.3) is 10.2 Å². The van der Waals surface area contributed by atoms with Crippen LogP contribution in [-0.4, -0.2) is 22.2 Å². The maximum atomic E-state index is 9.59. The Balaban J connectivity index is 1.90. The number of aromatic nitrogens is 1. The van der Waals surface area contributed by atoms with Crippen molar-refractivity contribution in [2.24, 2.45) is 0 Å². The number of benzene rings is 1. The van der Waals surface area contributed by atoms with Crippen molar-refractivity contribution < 1.29 is 5.11 Å². The van der Waals surface area contributed by atoms with Crippen molar-refractivity contribution in [2.45, 2.75) is 31.2 Å². The molecule has 1 aromatic carbocycles. The number of hydrogen-bond acceptors (Lipinski definition) is 5. The van der Waals surface area contributed by atoms with E-state index in [1.165, 1.54) is 12.8 Å². The van der Waals surface area contributed by atoms with Gasteiger partial charge >= 0.3 is 0 Å². The van der Waals surface area contributed by atoms with Crippen molar-refractivity contribution in [1.82, 2.24) is 4.98 Å². The predicted octanol–water partition coefficient (Wildman–Crippen LogP) is 2.60. The van der Waals surface area contributed by atoms with Crippen LogP contribution in [0.4, 0.5) is 10.8 Å². The average Bonchev–Trinajstić information content (AvgIpc) is 2.96. The standard InChI is InChI=1S/C13H17N3OS/c14-9-3-4-10-11(7-9)18-12(15-10)16-13(8-17)5-1-2-6-13/h3-4,7,17H,1-2,5-6,8,14H2,(H,15,16). The summed E-state index contributed by atoms with van der Waals surface area (Å²) in [5, 5.41) is 13.9. The van der Waals surface area contributed by atoms with Crippen molar-refractivity contribution in [1.29, 1.82) is 0 Å². The number of nitrogens with two attached hydrogens (primary N) is 1. The molecule has 4 N–H and O–H groups in total. The highest BCUT2D eigenvalue weighted by Crippen LogP contribution is 2.35. The predicted molar refractivity (Wildman–Crippen MR) is 75.9 cm³/mol. The molecular formula is C13H17N3OS. The van der Waals surface area contributed by atoms with E-state index in [4.69, 9.17) is 5.73 Å². The zero-order valence-corrected chi connectivity index (χ0v) is 11.0. The lowest BCUT2D eigenvalue weighted by atomic mass is 10.00. The molecule has 1 heterocycles. The molecule has 1 aliphatic carbocycles. The fourth-order valence-electron chi connectivity index (χ4n) is 2.60. The van der Waals surface area contributed by atoms with Crippen molar-refractivity contribution in [3.8, 4) is 0 Å². The molecule has 0 saturated heterocycles. The van der Waals surface area contributed by atoms with Gasteiger partial charge in [0, 0.05) is 5.69 Å². The molecule has 18 heavy (non-hydrogen) atoms. The first kappa shape index (κ1) is 11.7. The number of anilines is 2. The topological polar surface area (TPSA) is 71.2 Å². The smallest absolute Gasteiger partial charge is 0.184 e. The first-order valence-electron chi connectivity index (χ1n) is 6.26. The van der Waals surface area contributed by atoms with Crippen LogP contribution in [0.2, 0.25) is 0 Å². The monoisotopic (exact) mass is 263 g/mol. The van der Waals surface area contributed by atoms with Gasteiger partial charge in [0.15, 0.2) is 5.13 Å².